The molecule has 2 aromatic heterocycles. The molecule has 2 heterocycles. The van der Waals surface area contributed by atoms with Crippen LogP contribution in [0.2, 0.25) is 0 Å². The van der Waals surface area contributed by atoms with Gasteiger partial charge in [0.05, 0.1) is 6.33 Å². The number of hydrogen-bond donors (Lipinski definition) is 0. The van der Waals surface area contributed by atoms with Gasteiger partial charge in [0, 0.05) is 37.9 Å². The van der Waals surface area contributed by atoms with Crippen molar-refractivity contribution in [1.82, 2.24) is 24.4 Å². The normalized spacial score (nSPS) is 11.6. The highest BCUT2D eigenvalue weighted by molar-refractivity contribution is 7.98. The Hall–Kier alpha value is -0.560. The number of alkyl halides is 2. The summed E-state index contributed by atoms with van der Waals surface area (Å²) < 4.78 is 2.05. The molecule has 2 aromatic rings. The minimum Gasteiger partial charge on any atom is -0.314 e. The highest BCUT2D eigenvalue weighted by Crippen LogP contribution is 2.20. The average Bonchev–Trinajstić information content (AvgIpc) is 2.88. The molecule has 0 aromatic carbocycles. The van der Waals surface area contributed by atoms with Crippen LogP contribution in [0.25, 0.3) is 11.2 Å². The maximum absolute atomic E-state index is 5.80. The number of halogens is 2. The third-order valence-corrected chi connectivity index (χ3v) is 4.04. The van der Waals surface area contributed by atoms with E-state index in [1.807, 2.05) is 17.2 Å². The fourth-order valence-corrected chi connectivity index (χ4v) is 2.96. The van der Waals surface area contributed by atoms with Crippen LogP contribution < -0.4 is 0 Å². The quantitative estimate of drug-likeness (QED) is 0.421. The van der Waals surface area contributed by atoms with Gasteiger partial charge in [-0.25, -0.2) is 15.0 Å². The van der Waals surface area contributed by atoms with Crippen molar-refractivity contribution in [2.45, 2.75) is 11.6 Å². The zero-order valence-electron chi connectivity index (χ0n) is 11.3. The molecule has 0 spiro atoms. The molecule has 0 aliphatic heterocycles. The first-order valence-corrected chi connectivity index (χ1v) is 8.63. The summed E-state index contributed by atoms with van der Waals surface area (Å²) in [5.74, 6) is 1.22. The van der Waals surface area contributed by atoms with Gasteiger partial charge >= 0.3 is 0 Å². The SMILES string of the molecule is CSc1ncnc2c1ncn2CCN(CCCl)CCCl. The van der Waals surface area contributed by atoms with Gasteiger partial charge in [-0.1, -0.05) is 0 Å². The lowest BCUT2D eigenvalue weighted by molar-refractivity contribution is 0.295. The molecule has 0 aliphatic rings. The van der Waals surface area contributed by atoms with E-state index < -0.39 is 0 Å². The predicted molar refractivity (Wildman–Crippen MR) is 85.0 cm³/mol. The molecule has 2 rings (SSSR count). The lowest BCUT2D eigenvalue weighted by atomic mass is 10.4. The summed E-state index contributed by atoms with van der Waals surface area (Å²) in [7, 11) is 0. The highest BCUT2D eigenvalue weighted by atomic mass is 35.5. The summed E-state index contributed by atoms with van der Waals surface area (Å²) in [5.41, 5.74) is 1.74. The first kappa shape index (κ1) is 15.8. The second-order valence-corrected chi connectivity index (χ2v) is 5.76. The number of imidazole rings is 1. The second-order valence-electron chi connectivity index (χ2n) is 4.21. The van der Waals surface area contributed by atoms with Crippen molar-refractivity contribution in [2.24, 2.45) is 0 Å². The lowest BCUT2D eigenvalue weighted by Crippen LogP contribution is -2.31. The van der Waals surface area contributed by atoms with Gasteiger partial charge in [-0.3, -0.25) is 4.90 Å². The van der Waals surface area contributed by atoms with Crippen molar-refractivity contribution in [2.75, 3.05) is 37.7 Å². The molecule has 0 atom stereocenters. The molecule has 8 heteroatoms. The first-order valence-electron chi connectivity index (χ1n) is 6.34. The van der Waals surface area contributed by atoms with Crippen LogP contribution in [-0.4, -0.2) is 62.1 Å². The van der Waals surface area contributed by atoms with Gasteiger partial charge in [-0.05, 0) is 6.26 Å². The molecular weight excluding hydrogens is 317 g/mol. The van der Waals surface area contributed by atoms with Crippen LogP contribution in [0, 0.1) is 0 Å². The molecule has 20 heavy (non-hydrogen) atoms. The Morgan fingerprint density at radius 2 is 1.90 bits per heavy atom. The first-order chi connectivity index (χ1) is 9.80. The Kier molecular flexibility index (Phi) is 6.35. The number of rotatable bonds is 8. The van der Waals surface area contributed by atoms with Crippen LogP contribution in [0.15, 0.2) is 17.7 Å². The molecule has 0 N–H and O–H groups in total. The third kappa shape index (κ3) is 3.75. The van der Waals surface area contributed by atoms with E-state index in [2.05, 4.69) is 19.9 Å². The molecule has 0 saturated carbocycles. The highest BCUT2D eigenvalue weighted by Gasteiger charge is 2.10. The Labute approximate surface area is 132 Å². The van der Waals surface area contributed by atoms with E-state index in [-0.39, 0.29) is 0 Å². The molecule has 0 amide bonds. The van der Waals surface area contributed by atoms with Gasteiger partial charge in [0.2, 0.25) is 0 Å². The molecule has 0 bridgehead atoms. The number of nitrogens with zero attached hydrogens (tertiary/aromatic N) is 5. The minimum atomic E-state index is 0.611. The fourth-order valence-electron chi connectivity index (χ4n) is 2.00. The second kappa shape index (κ2) is 8.02. The maximum atomic E-state index is 5.80. The van der Waals surface area contributed by atoms with Crippen LogP contribution in [0.5, 0.6) is 0 Å². The molecule has 110 valence electrons. The van der Waals surface area contributed by atoms with E-state index in [0.29, 0.717) is 11.8 Å². The maximum Gasteiger partial charge on any atom is 0.164 e. The number of aromatic nitrogens is 4. The van der Waals surface area contributed by atoms with E-state index in [9.17, 15) is 0 Å². The largest absolute Gasteiger partial charge is 0.314 e. The lowest BCUT2D eigenvalue weighted by Gasteiger charge is -2.20. The van der Waals surface area contributed by atoms with Crippen LogP contribution in [0.3, 0.4) is 0 Å². The van der Waals surface area contributed by atoms with Crippen LogP contribution >= 0.6 is 35.0 Å². The number of thioether (sulfide) groups is 1. The van der Waals surface area contributed by atoms with Gasteiger partial charge in [-0.2, -0.15) is 0 Å². The minimum absolute atomic E-state index is 0.611. The molecule has 5 nitrogen and oxygen atoms in total. The van der Waals surface area contributed by atoms with Crippen molar-refractivity contribution in [3.05, 3.63) is 12.7 Å². The molecule has 0 saturated heterocycles. The van der Waals surface area contributed by atoms with Crippen molar-refractivity contribution in [3.63, 3.8) is 0 Å². The molecule has 0 fully saturated rings. The molecule has 0 unspecified atom stereocenters. The van der Waals surface area contributed by atoms with Crippen LogP contribution in [-0.2, 0) is 6.54 Å². The molecule has 0 radical (unpaired) electrons. The van der Waals surface area contributed by atoms with E-state index >= 15 is 0 Å². The van der Waals surface area contributed by atoms with E-state index in [1.165, 1.54) is 0 Å². The standard InChI is InChI=1S/C12H17Cl2N5S/c1-20-12-10-11(15-8-16-12)19(9-17-10)7-6-18(4-2-13)5-3-14/h8-9H,2-7H2,1H3. The summed E-state index contributed by atoms with van der Waals surface area (Å²) in [6.07, 6.45) is 5.39. The molecule has 0 aliphatic carbocycles. The summed E-state index contributed by atoms with van der Waals surface area (Å²) in [6.45, 7) is 3.37. The van der Waals surface area contributed by atoms with E-state index in [1.54, 1.807) is 18.1 Å². The van der Waals surface area contributed by atoms with Crippen molar-refractivity contribution < 1.29 is 0 Å². The van der Waals surface area contributed by atoms with Crippen molar-refractivity contribution in [1.29, 1.82) is 0 Å². The Morgan fingerprint density at radius 1 is 1.15 bits per heavy atom. The third-order valence-electron chi connectivity index (χ3n) is 3.02. The van der Waals surface area contributed by atoms with Crippen molar-refractivity contribution in [3.8, 4) is 0 Å². The summed E-state index contributed by atoms with van der Waals surface area (Å²) in [4.78, 5) is 15.2. The van der Waals surface area contributed by atoms with Gasteiger partial charge < -0.3 is 4.57 Å². The summed E-state index contributed by atoms with van der Waals surface area (Å²) in [5, 5.41) is 0.909. The number of fused-ring (bicyclic) bond motifs is 1. The van der Waals surface area contributed by atoms with E-state index in [0.717, 1.165) is 42.4 Å². The predicted octanol–water partition coefficient (Wildman–Crippen LogP) is 2.33. The van der Waals surface area contributed by atoms with E-state index in [4.69, 9.17) is 23.2 Å². The summed E-state index contributed by atoms with van der Waals surface area (Å²) >= 11 is 13.2. The van der Waals surface area contributed by atoms with Gasteiger partial charge in [0.15, 0.2) is 5.65 Å². The topological polar surface area (TPSA) is 46.8 Å². The Morgan fingerprint density at radius 3 is 2.55 bits per heavy atom. The molecular formula is C12H17Cl2N5S. The summed E-state index contributed by atoms with van der Waals surface area (Å²) in [6, 6.07) is 0. The monoisotopic (exact) mass is 333 g/mol. The average molecular weight is 334 g/mol. The van der Waals surface area contributed by atoms with Crippen molar-refractivity contribution >= 4 is 46.1 Å². The zero-order valence-corrected chi connectivity index (χ0v) is 13.6. The van der Waals surface area contributed by atoms with Gasteiger partial charge in [0.25, 0.3) is 0 Å². The van der Waals surface area contributed by atoms with Gasteiger partial charge in [0.1, 0.15) is 16.9 Å². The number of hydrogen-bond acceptors (Lipinski definition) is 5. The van der Waals surface area contributed by atoms with Gasteiger partial charge in [-0.15, -0.1) is 35.0 Å². The fraction of sp³-hybridized carbons (Fsp3) is 0.583. The Balaban J connectivity index is 2.09. The Bertz CT molecular complexity index is 542. The smallest absolute Gasteiger partial charge is 0.164 e. The van der Waals surface area contributed by atoms with Crippen LogP contribution in [0.4, 0.5) is 0 Å². The zero-order chi connectivity index (χ0) is 14.4. The van der Waals surface area contributed by atoms with Crippen LogP contribution in [0.1, 0.15) is 0 Å².